The summed E-state index contributed by atoms with van der Waals surface area (Å²) in [6.07, 6.45) is 0. The van der Waals surface area contributed by atoms with E-state index in [1.54, 1.807) is 12.1 Å². The first-order chi connectivity index (χ1) is 8.81. The molecular weight excluding hydrogens is 242 g/mol. The van der Waals surface area contributed by atoms with Crippen LogP contribution in [-0.2, 0) is 11.2 Å². The first kappa shape index (κ1) is 12.4. The Hall–Kier alpha value is -2.02. The molecule has 2 rings (SSSR count). The van der Waals surface area contributed by atoms with Gasteiger partial charge in [-0.3, -0.25) is 0 Å². The summed E-state index contributed by atoms with van der Waals surface area (Å²) in [6, 6.07) is 20.4. The summed E-state index contributed by atoms with van der Waals surface area (Å²) in [6.45, 7) is 0. The van der Waals surface area contributed by atoms with E-state index in [0.29, 0.717) is 10.5 Å². The van der Waals surface area contributed by atoms with Crippen molar-refractivity contribution in [3.63, 3.8) is 0 Å². The fourth-order valence-electron chi connectivity index (χ4n) is 1.51. The molecule has 0 bridgehead atoms. The molecule has 0 radical (unpaired) electrons. The molecule has 0 N–H and O–H groups in total. The molecule has 1 unspecified atom stereocenters. The first-order valence-corrected chi connectivity index (χ1v) is 6.65. The van der Waals surface area contributed by atoms with Crippen molar-refractivity contribution in [2.45, 2.75) is 4.90 Å². The summed E-state index contributed by atoms with van der Waals surface area (Å²) in [5, 5.41) is 10.6. The van der Waals surface area contributed by atoms with E-state index < -0.39 is 11.2 Å². The molecule has 0 aliphatic heterocycles. The van der Waals surface area contributed by atoms with E-state index in [4.69, 9.17) is 5.26 Å². The van der Waals surface area contributed by atoms with Crippen molar-refractivity contribution in [3.05, 3.63) is 71.6 Å². The molecule has 0 saturated carbocycles. The van der Waals surface area contributed by atoms with Gasteiger partial charge in [0.05, 0.1) is 0 Å². The van der Waals surface area contributed by atoms with Crippen molar-refractivity contribution < 1.29 is 4.55 Å². The van der Waals surface area contributed by atoms with Crippen molar-refractivity contribution in [2.75, 3.05) is 0 Å². The van der Waals surface area contributed by atoms with Crippen LogP contribution in [0, 0.1) is 11.3 Å². The molecule has 1 atom stereocenters. The average molecular weight is 253 g/mol. The lowest BCUT2D eigenvalue weighted by Gasteiger charge is -2.05. The number of hydrogen-bond donors (Lipinski definition) is 0. The quantitative estimate of drug-likeness (QED) is 0.622. The lowest BCUT2D eigenvalue weighted by atomic mass is 10.1. The highest BCUT2D eigenvalue weighted by Gasteiger charge is 2.10. The number of benzene rings is 2. The van der Waals surface area contributed by atoms with Crippen molar-refractivity contribution >= 4 is 16.7 Å². The molecule has 0 amide bonds. The summed E-state index contributed by atoms with van der Waals surface area (Å²) in [7, 11) is 0. The predicted molar refractivity (Wildman–Crippen MR) is 72.9 cm³/mol. The molecule has 0 fully saturated rings. The second kappa shape index (κ2) is 6.06. The monoisotopic (exact) mass is 253 g/mol. The minimum absolute atomic E-state index is 0.429. The zero-order valence-corrected chi connectivity index (χ0v) is 10.4. The molecule has 18 heavy (non-hydrogen) atoms. The van der Waals surface area contributed by atoms with Crippen LogP contribution in [-0.4, -0.2) is 4.55 Å². The Morgan fingerprint density at radius 3 is 2.11 bits per heavy atom. The average Bonchev–Trinajstić information content (AvgIpc) is 2.46. The van der Waals surface area contributed by atoms with E-state index in [-0.39, 0.29) is 0 Å². The standard InChI is InChI=1S/C15H11NOS/c16-11-14(13-7-3-1-4-8-13)12-18(17)15-9-5-2-6-10-15/h1-10,12H/b14-12+. The summed E-state index contributed by atoms with van der Waals surface area (Å²) in [4.78, 5) is 0.696. The molecule has 0 spiro atoms. The van der Waals surface area contributed by atoms with Crippen LogP contribution in [0.2, 0.25) is 0 Å². The van der Waals surface area contributed by atoms with Crippen LogP contribution < -0.4 is 0 Å². The molecule has 0 aromatic heterocycles. The van der Waals surface area contributed by atoms with Crippen LogP contribution >= 0.6 is 0 Å². The van der Waals surface area contributed by atoms with Crippen molar-refractivity contribution in [1.29, 1.82) is 5.26 Å². The fraction of sp³-hybridized carbons (Fsp3) is 0. The van der Waals surface area contributed by atoms with Gasteiger partial charge in [0.25, 0.3) is 0 Å². The van der Waals surface area contributed by atoms with E-state index in [0.717, 1.165) is 5.56 Å². The Bertz CT molecular complexity index is 572. The van der Waals surface area contributed by atoms with E-state index in [2.05, 4.69) is 6.07 Å². The Kier molecular flexibility index (Phi) is 4.19. The van der Waals surface area contributed by atoms with Crippen LogP contribution in [0.3, 0.4) is 0 Å². The summed E-state index contributed by atoms with van der Waals surface area (Å²) < 4.78 is 12.1. The van der Waals surface area contributed by atoms with Gasteiger partial charge >= 0.3 is 0 Å². The Labute approximate surface area is 109 Å². The third kappa shape index (κ3) is 3.01. The lowest BCUT2D eigenvalue weighted by Crippen LogP contribution is -1.97. The molecule has 0 aliphatic carbocycles. The second-order valence-electron chi connectivity index (χ2n) is 3.62. The highest BCUT2D eigenvalue weighted by molar-refractivity contribution is 7.94. The van der Waals surface area contributed by atoms with Crippen LogP contribution in [0.25, 0.3) is 5.57 Å². The van der Waals surface area contributed by atoms with E-state index >= 15 is 0 Å². The fourth-order valence-corrected chi connectivity index (χ4v) is 2.47. The second-order valence-corrected chi connectivity index (χ2v) is 4.92. The molecular formula is C15H11NOS. The summed E-state index contributed by atoms with van der Waals surface area (Å²) >= 11 is -1.30. The number of nitrogens with zero attached hydrogens (tertiary/aromatic N) is 1. The molecule has 0 aliphatic rings. The van der Waals surface area contributed by atoms with Gasteiger partial charge in [-0.05, 0) is 17.7 Å². The van der Waals surface area contributed by atoms with Gasteiger partial charge in [-0.25, -0.2) is 0 Å². The number of nitriles is 1. The molecule has 0 saturated heterocycles. The zero-order valence-electron chi connectivity index (χ0n) is 9.61. The number of hydrogen-bond acceptors (Lipinski definition) is 2. The van der Waals surface area contributed by atoms with Crippen LogP contribution in [0.15, 0.2) is 71.0 Å². The largest absolute Gasteiger partial charge is 0.607 e. The van der Waals surface area contributed by atoms with Crippen LogP contribution in [0.1, 0.15) is 5.56 Å². The number of allylic oxidation sites excluding steroid dienone is 1. The van der Waals surface area contributed by atoms with E-state index in [9.17, 15) is 4.55 Å². The Morgan fingerprint density at radius 2 is 1.56 bits per heavy atom. The molecule has 2 nitrogen and oxygen atoms in total. The van der Waals surface area contributed by atoms with E-state index in [1.165, 1.54) is 5.41 Å². The van der Waals surface area contributed by atoms with Gasteiger partial charge in [0.1, 0.15) is 17.1 Å². The molecule has 88 valence electrons. The SMILES string of the molecule is N#C/C(=C\[S+]([O-])c1ccccc1)c1ccccc1. The molecule has 3 heteroatoms. The third-order valence-corrected chi connectivity index (χ3v) is 3.59. The third-order valence-electron chi connectivity index (χ3n) is 2.41. The van der Waals surface area contributed by atoms with Crippen molar-refractivity contribution in [2.24, 2.45) is 0 Å². The first-order valence-electron chi connectivity index (χ1n) is 5.44. The highest BCUT2D eigenvalue weighted by Crippen LogP contribution is 2.19. The lowest BCUT2D eigenvalue weighted by molar-refractivity contribution is 0.603. The topological polar surface area (TPSA) is 46.8 Å². The Balaban J connectivity index is 2.29. The van der Waals surface area contributed by atoms with Gasteiger partial charge in [0.2, 0.25) is 0 Å². The summed E-state index contributed by atoms with van der Waals surface area (Å²) in [5.74, 6) is 0. The van der Waals surface area contributed by atoms with Crippen LogP contribution in [0.5, 0.6) is 0 Å². The molecule has 2 aromatic rings. The maximum atomic E-state index is 12.1. The highest BCUT2D eigenvalue weighted by atomic mass is 32.2. The van der Waals surface area contributed by atoms with Gasteiger partial charge in [0.15, 0.2) is 4.90 Å². The number of rotatable bonds is 3. The minimum Gasteiger partial charge on any atom is -0.607 e. The molecule has 0 heterocycles. The van der Waals surface area contributed by atoms with E-state index in [1.807, 2.05) is 48.5 Å². The normalized spacial score (nSPS) is 12.8. The summed E-state index contributed by atoms with van der Waals surface area (Å²) in [5.41, 5.74) is 1.21. The maximum absolute atomic E-state index is 12.1. The van der Waals surface area contributed by atoms with Gasteiger partial charge in [-0.15, -0.1) is 0 Å². The maximum Gasteiger partial charge on any atom is 0.157 e. The predicted octanol–water partition coefficient (Wildman–Crippen LogP) is 3.36. The molecule has 2 aromatic carbocycles. The smallest absolute Gasteiger partial charge is 0.157 e. The van der Waals surface area contributed by atoms with Gasteiger partial charge in [0, 0.05) is 11.2 Å². The van der Waals surface area contributed by atoms with Gasteiger partial charge in [-0.2, -0.15) is 5.26 Å². The van der Waals surface area contributed by atoms with Crippen molar-refractivity contribution in [1.82, 2.24) is 0 Å². The van der Waals surface area contributed by atoms with Gasteiger partial charge in [-0.1, -0.05) is 48.5 Å². The zero-order chi connectivity index (χ0) is 12.8. The van der Waals surface area contributed by atoms with Crippen LogP contribution in [0.4, 0.5) is 0 Å². The van der Waals surface area contributed by atoms with Crippen molar-refractivity contribution in [3.8, 4) is 6.07 Å². The minimum atomic E-state index is -1.30. The van der Waals surface area contributed by atoms with Gasteiger partial charge < -0.3 is 4.55 Å². The Morgan fingerprint density at radius 1 is 1.00 bits per heavy atom.